The average Bonchev–Trinajstić information content (AvgIpc) is 2.17. The first-order valence-corrected chi connectivity index (χ1v) is 5.79. The maximum Gasteiger partial charge on any atom is 0.0127 e. The van der Waals surface area contributed by atoms with Crippen molar-refractivity contribution in [3.8, 4) is 0 Å². The molecule has 0 amide bonds. The predicted molar refractivity (Wildman–Crippen MR) is 65.2 cm³/mol. The van der Waals surface area contributed by atoms with Gasteiger partial charge < -0.3 is 5.32 Å². The highest BCUT2D eigenvalue weighted by molar-refractivity contribution is 5.30. The molecule has 0 aliphatic heterocycles. The average molecular weight is 203 g/mol. The van der Waals surface area contributed by atoms with E-state index in [1.165, 1.54) is 17.5 Å². The molecule has 1 aliphatic rings. The summed E-state index contributed by atoms with van der Waals surface area (Å²) in [6.07, 6.45) is 1.27. The summed E-state index contributed by atoms with van der Waals surface area (Å²) in [5.74, 6) is 0.717. The normalized spacial score (nSPS) is 28.5. The molecule has 0 radical (unpaired) electrons. The lowest BCUT2D eigenvalue weighted by molar-refractivity contribution is 0.0751. The molecular weight excluding hydrogens is 182 g/mol. The first-order valence-electron chi connectivity index (χ1n) is 5.79. The number of benzene rings is 1. The van der Waals surface area contributed by atoms with Crippen LogP contribution in [0, 0.1) is 12.3 Å². The Bertz CT molecular complexity index is 354. The van der Waals surface area contributed by atoms with E-state index in [0.29, 0.717) is 11.5 Å². The van der Waals surface area contributed by atoms with E-state index in [0.717, 1.165) is 5.92 Å². The van der Waals surface area contributed by atoms with Gasteiger partial charge in [-0.25, -0.2) is 0 Å². The molecule has 0 heterocycles. The Labute approximate surface area is 92.9 Å². The van der Waals surface area contributed by atoms with Crippen LogP contribution in [0.15, 0.2) is 24.3 Å². The maximum absolute atomic E-state index is 3.41. The monoisotopic (exact) mass is 203 g/mol. The lowest BCUT2D eigenvalue weighted by atomic mass is 9.56. The Morgan fingerprint density at radius 2 is 2.07 bits per heavy atom. The molecule has 0 spiro atoms. The van der Waals surface area contributed by atoms with Gasteiger partial charge in [0.1, 0.15) is 0 Å². The van der Waals surface area contributed by atoms with E-state index < -0.39 is 0 Å². The minimum absolute atomic E-state index is 0.391. The van der Waals surface area contributed by atoms with E-state index in [2.05, 4.69) is 57.4 Å². The van der Waals surface area contributed by atoms with E-state index in [1.807, 2.05) is 0 Å². The third-order valence-corrected chi connectivity index (χ3v) is 4.06. The number of hydrogen-bond donors (Lipinski definition) is 1. The van der Waals surface area contributed by atoms with Gasteiger partial charge in [0.05, 0.1) is 0 Å². The summed E-state index contributed by atoms with van der Waals surface area (Å²) in [7, 11) is 2.07. The SMILES string of the molecule is CNC1CC(c2cccc(C)c2)C1(C)C. The van der Waals surface area contributed by atoms with E-state index in [1.54, 1.807) is 0 Å². The number of hydrogen-bond acceptors (Lipinski definition) is 1. The molecule has 1 N–H and O–H groups in total. The smallest absolute Gasteiger partial charge is 0.0127 e. The highest BCUT2D eigenvalue weighted by atomic mass is 14.9. The zero-order valence-electron chi connectivity index (χ0n) is 10.2. The quantitative estimate of drug-likeness (QED) is 0.779. The van der Waals surface area contributed by atoms with Crippen LogP contribution < -0.4 is 5.32 Å². The first-order chi connectivity index (χ1) is 7.05. The Morgan fingerprint density at radius 1 is 1.33 bits per heavy atom. The fourth-order valence-electron chi connectivity index (χ4n) is 2.87. The van der Waals surface area contributed by atoms with Gasteiger partial charge in [-0.2, -0.15) is 0 Å². The first kappa shape index (κ1) is 10.7. The third kappa shape index (κ3) is 1.69. The van der Waals surface area contributed by atoms with Crippen molar-refractivity contribution in [2.45, 2.75) is 39.2 Å². The number of aryl methyl sites for hydroxylation is 1. The summed E-state index contributed by atoms with van der Waals surface area (Å²) in [5, 5.41) is 3.41. The van der Waals surface area contributed by atoms with Crippen LogP contribution in [0.25, 0.3) is 0 Å². The molecule has 0 bridgehead atoms. The predicted octanol–water partition coefficient (Wildman–Crippen LogP) is 3.10. The van der Waals surface area contributed by atoms with E-state index in [9.17, 15) is 0 Å². The summed E-state index contributed by atoms with van der Waals surface area (Å²) in [4.78, 5) is 0. The van der Waals surface area contributed by atoms with E-state index >= 15 is 0 Å². The fourth-order valence-corrected chi connectivity index (χ4v) is 2.87. The van der Waals surface area contributed by atoms with Crippen molar-refractivity contribution >= 4 is 0 Å². The molecule has 2 atom stereocenters. The van der Waals surface area contributed by atoms with Crippen LogP contribution >= 0.6 is 0 Å². The lowest BCUT2D eigenvalue weighted by Gasteiger charge is -2.52. The third-order valence-electron chi connectivity index (χ3n) is 4.06. The zero-order chi connectivity index (χ0) is 11.1. The number of rotatable bonds is 2. The molecule has 1 saturated carbocycles. The van der Waals surface area contributed by atoms with Crippen LogP contribution in [0.3, 0.4) is 0 Å². The van der Waals surface area contributed by atoms with Gasteiger partial charge >= 0.3 is 0 Å². The maximum atomic E-state index is 3.41. The lowest BCUT2D eigenvalue weighted by Crippen LogP contribution is -2.54. The van der Waals surface area contributed by atoms with Gasteiger partial charge in [-0.05, 0) is 37.3 Å². The summed E-state index contributed by atoms with van der Waals surface area (Å²) in [6.45, 7) is 6.90. The molecule has 1 heteroatoms. The summed E-state index contributed by atoms with van der Waals surface area (Å²) in [6, 6.07) is 9.62. The fraction of sp³-hybridized carbons (Fsp3) is 0.571. The zero-order valence-corrected chi connectivity index (χ0v) is 10.2. The van der Waals surface area contributed by atoms with Crippen LogP contribution in [0.2, 0.25) is 0 Å². The van der Waals surface area contributed by atoms with Crippen molar-refractivity contribution in [3.05, 3.63) is 35.4 Å². The minimum atomic E-state index is 0.391. The van der Waals surface area contributed by atoms with Crippen molar-refractivity contribution in [2.24, 2.45) is 5.41 Å². The Morgan fingerprint density at radius 3 is 2.60 bits per heavy atom. The van der Waals surface area contributed by atoms with Gasteiger partial charge in [0.15, 0.2) is 0 Å². The van der Waals surface area contributed by atoms with Gasteiger partial charge in [-0.3, -0.25) is 0 Å². The van der Waals surface area contributed by atoms with E-state index in [-0.39, 0.29) is 0 Å². The summed E-state index contributed by atoms with van der Waals surface area (Å²) < 4.78 is 0. The molecule has 1 aliphatic carbocycles. The molecule has 1 nitrogen and oxygen atoms in total. The van der Waals surface area contributed by atoms with Crippen LogP contribution in [-0.4, -0.2) is 13.1 Å². The second-order valence-electron chi connectivity index (χ2n) is 5.37. The molecule has 0 saturated heterocycles. The number of nitrogens with one attached hydrogen (secondary N) is 1. The Hall–Kier alpha value is -0.820. The Balaban J connectivity index is 2.21. The van der Waals surface area contributed by atoms with Gasteiger partial charge in [-0.1, -0.05) is 43.7 Å². The molecule has 2 unspecified atom stereocenters. The van der Waals surface area contributed by atoms with Crippen molar-refractivity contribution in [2.75, 3.05) is 7.05 Å². The van der Waals surface area contributed by atoms with Crippen LogP contribution in [0.5, 0.6) is 0 Å². The molecule has 1 aromatic carbocycles. The molecular formula is C14H21N. The highest BCUT2D eigenvalue weighted by Gasteiger charge is 2.47. The highest BCUT2D eigenvalue weighted by Crippen LogP contribution is 2.52. The van der Waals surface area contributed by atoms with Crippen LogP contribution in [0.1, 0.15) is 37.3 Å². The molecule has 2 rings (SSSR count). The van der Waals surface area contributed by atoms with Gasteiger partial charge in [0, 0.05) is 6.04 Å². The Kier molecular flexibility index (Phi) is 2.59. The van der Waals surface area contributed by atoms with Crippen LogP contribution in [-0.2, 0) is 0 Å². The van der Waals surface area contributed by atoms with Crippen molar-refractivity contribution in [1.29, 1.82) is 0 Å². The summed E-state index contributed by atoms with van der Waals surface area (Å²) >= 11 is 0. The second kappa shape index (κ2) is 3.64. The van der Waals surface area contributed by atoms with Crippen molar-refractivity contribution in [1.82, 2.24) is 5.32 Å². The van der Waals surface area contributed by atoms with Gasteiger partial charge in [-0.15, -0.1) is 0 Å². The van der Waals surface area contributed by atoms with Gasteiger partial charge in [0.25, 0.3) is 0 Å². The molecule has 1 fully saturated rings. The van der Waals surface area contributed by atoms with E-state index in [4.69, 9.17) is 0 Å². The molecule has 0 aromatic heterocycles. The van der Waals surface area contributed by atoms with Crippen LogP contribution in [0.4, 0.5) is 0 Å². The van der Waals surface area contributed by atoms with Crippen molar-refractivity contribution < 1.29 is 0 Å². The topological polar surface area (TPSA) is 12.0 Å². The summed E-state index contributed by atoms with van der Waals surface area (Å²) in [5.41, 5.74) is 3.27. The largest absolute Gasteiger partial charge is 0.316 e. The standard InChI is InChI=1S/C14H21N/c1-10-6-5-7-11(8-10)12-9-13(15-4)14(12,2)3/h5-8,12-13,15H,9H2,1-4H3. The van der Waals surface area contributed by atoms with Crippen molar-refractivity contribution in [3.63, 3.8) is 0 Å². The second-order valence-corrected chi connectivity index (χ2v) is 5.37. The molecule has 15 heavy (non-hydrogen) atoms. The molecule has 82 valence electrons. The minimum Gasteiger partial charge on any atom is -0.316 e. The van der Waals surface area contributed by atoms with Gasteiger partial charge in [0.2, 0.25) is 0 Å². The molecule has 1 aromatic rings.